The molecule has 0 bridgehead atoms. The SMILES string of the molecule is CCOCc1nc(NN)cc(N(C)CCC(F)(F)F)n1. The van der Waals surface area contributed by atoms with Crippen LogP contribution in [0.1, 0.15) is 19.2 Å². The van der Waals surface area contributed by atoms with E-state index in [1.54, 1.807) is 0 Å². The zero-order chi connectivity index (χ0) is 15.2. The van der Waals surface area contributed by atoms with E-state index in [9.17, 15) is 13.2 Å². The highest BCUT2D eigenvalue weighted by atomic mass is 19.4. The molecule has 0 radical (unpaired) electrons. The van der Waals surface area contributed by atoms with Gasteiger partial charge in [-0.1, -0.05) is 0 Å². The number of nitrogens with one attached hydrogen (secondary N) is 1. The average Bonchev–Trinajstić information content (AvgIpc) is 2.41. The molecule has 6 nitrogen and oxygen atoms in total. The van der Waals surface area contributed by atoms with Crippen LogP contribution in [0.4, 0.5) is 24.8 Å². The van der Waals surface area contributed by atoms with E-state index in [0.29, 0.717) is 24.1 Å². The molecule has 1 rings (SSSR count). The molecule has 0 aromatic carbocycles. The maximum absolute atomic E-state index is 12.2. The summed E-state index contributed by atoms with van der Waals surface area (Å²) in [7, 11) is 1.53. The molecule has 0 aliphatic heterocycles. The number of alkyl halides is 3. The van der Waals surface area contributed by atoms with Crippen LogP contribution >= 0.6 is 0 Å². The van der Waals surface area contributed by atoms with Gasteiger partial charge in [0.1, 0.15) is 18.2 Å². The van der Waals surface area contributed by atoms with E-state index < -0.39 is 12.6 Å². The van der Waals surface area contributed by atoms with E-state index in [-0.39, 0.29) is 13.2 Å². The van der Waals surface area contributed by atoms with Crippen LogP contribution in [-0.4, -0.2) is 36.3 Å². The zero-order valence-electron chi connectivity index (χ0n) is 11.4. The van der Waals surface area contributed by atoms with Crippen LogP contribution in [0.5, 0.6) is 0 Å². The van der Waals surface area contributed by atoms with Gasteiger partial charge in [-0.2, -0.15) is 13.2 Å². The zero-order valence-corrected chi connectivity index (χ0v) is 11.4. The van der Waals surface area contributed by atoms with Crippen molar-refractivity contribution in [3.05, 3.63) is 11.9 Å². The summed E-state index contributed by atoms with van der Waals surface area (Å²) in [5, 5.41) is 0. The van der Waals surface area contributed by atoms with Gasteiger partial charge in [-0.15, -0.1) is 0 Å². The van der Waals surface area contributed by atoms with Gasteiger partial charge in [-0.25, -0.2) is 15.8 Å². The molecule has 1 aromatic rings. The molecule has 0 fully saturated rings. The number of ether oxygens (including phenoxy) is 1. The smallest absolute Gasteiger partial charge is 0.374 e. The Kier molecular flexibility index (Phi) is 5.96. The quantitative estimate of drug-likeness (QED) is 0.588. The van der Waals surface area contributed by atoms with Gasteiger partial charge in [0.25, 0.3) is 0 Å². The van der Waals surface area contributed by atoms with E-state index in [1.807, 2.05) is 6.92 Å². The molecule has 1 aromatic heterocycles. The lowest BCUT2D eigenvalue weighted by molar-refractivity contribution is -0.132. The molecule has 0 spiro atoms. The lowest BCUT2D eigenvalue weighted by Gasteiger charge is -2.20. The van der Waals surface area contributed by atoms with Crippen LogP contribution in [0.3, 0.4) is 0 Å². The van der Waals surface area contributed by atoms with Crippen LogP contribution in [-0.2, 0) is 11.3 Å². The second kappa shape index (κ2) is 7.25. The highest BCUT2D eigenvalue weighted by Gasteiger charge is 2.27. The van der Waals surface area contributed by atoms with Gasteiger partial charge in [-0.05, 0) is 6.92 Å². The largest absolute Gasteiger partial charge is 0.390 e. The maximum atomic E-state index is 12.2. The molecule has 0 aliphatic rings. The van der Waals surface area contributed by atoms with E-state index in [2.05, 4.69) is 15.4 Å². The summed E-state index contributed by atoms with van der Waals surface area (Å²) in [6.45, 7) is 2.29. The first kappa shape index (κ1) is 16.4. The first-order valence-electron chi connectivity index (χ1n) is 6.06. The fraction of sp³-hybridized carbons (Fsp3) is 0.636. The van der Waals surface area contributed by atoms with Crippen LogP contribution in [0.15, 0.2) is 6.07 Å². The minimum absolute atomic E-state index is 0.173. The first-order valence-corrected chi connectivity index (χ1v) is 6.06. The number of aromatic nitrogens is 2. The molecule has 0 aliphatic carbocycles. The Labute approximate surface area is 115 Å². The van der Waals surface area contributed by atoms with Crippen LogP contribution < -0.4 is 16.2 Å². The van der Waals surface area contributed by atoms with Gasteiger partial charge in [0.15, 0.2) is 5.82 Å². The molecule has 0 saturated heterocycles. The molecular weight excluding hydrogens is 275 g/mol. The lowest BCUT2D eigenvalue weighted by Crippen LogP contribution is -2.25. The molecule has 3 N–H and O–H groups in total. The Morgan fingerprint density at radius 1 is 1.40 bits per heavy atom. The van der Waals surface area contributed by atoms with Gasteiger partial charge >= 0.3 is 6.18 Å². The van der Waals surface area contributed by atoms with E-state index in [0.717, 1.165) is 0 Å². The molecule has 114 valence electrons. The Balaban J connectivity index is 2.81. The summed E-state index contributed by atoms with van der Waals surface area (Å²) in [5.41, 5.74) is 2.36. The van der Waals surface area contributed by atoms with E-state index in [1.165, 1.54) is 18.0 Å². The third kappa shape index (κ3) is 5.57. The van der Waals surface area contributed by atoms with Gasteiger partial charge in [-0.3, -0.25) is 0 Å². The molecule has 0 saturated carbocycles. The molecule has 9 heteroatoms. The number of hydrogen-bond donors (Lipinski definition) is 2. The third-order valence-electron chi connectivity index (χ3n) is 2.46. The number of nitrogens with zero attached hydrogens (tertiary/aromatic N) is 3. The number of hydrogen-bond acceptors (Lipinski definition) is 6. The van der Waals surface area contributed by atoms with Crippen molar-refractivity contribution in [1.82, 2.24) is 9.97 Å². The van der Waals surface area contributed by atoms with Crippen molar-refractivity contribution in [2.45, 2.75) is 26.1 Å². The second-order valence-corrected chi connectivity index (χ2v) is 4.10. The molecule has 20 heavy (non-hydrogen) atoms. The van der Waals surface area contributed by atoms with E-state index in [4.69, 9.17) is 10.6 Å². The number of nitrogens with two attached hydrogens (primary N) is 1. The predicted octanol–water partition coefficient (Wildman–Crippen LogP) is 1.69. The average molecular weight is 293 g/mol. The normalized spacial score (nSPS) is 11.5. The highest BCUT2D eigenvalue weighted by Crippen LogP contribution is 2.22. The molecule has 0 amide bonds. The number of nitrogen functional groups attached to an aromatic ring is 1. The first-order chi connectivity index (χ1) is 9.35. The third-order valence-corrected chi connectivity index (χ3v) is 2.46. The van der Waals surface area contributed by atoms with Crippen LogP contribution in [0.2, 0.25) is 0 Å². The second-order valence-electron chi connectivity index (χ2n) is 4.10. The van der Waals surface area contributed by atoms with Gasteiger partial charge in [0, 0.05) is 26.3 Å². The van der Waals surface area contributed by atoms with Crippen LogP contribution in [0, 0.1) is 0 Å². The molecule has 0 unspecified atom stereocenters. The fourth-order valence-electron chi connectivity index (χ4n) is 1.42. The van der Waals surface area contributed by atoms with Gasteiger partial charge < -0.3 is 15.1 Å². The Morgan fingerprint density at radius 3 is 2.65 bits per heavy atom. The van der Waals surface area contributed by atoms with Crippen molar-refractivity contribution in [2.24, 2.45) is 5.84 Å². The maximum Gasteiger partial charge on any atom is 0.390 e. The summed E-state index contributed by atoms with van der Waals surface area (Å²) in [6.07, 6.45) is -5.12. The summed E-state index contributed by atoms with van der Waals surface area (Å²) < 4.78 is 41.8. The van der Waals surface area contributed by atoms with Gasteiger partial charge in [0.2, 0.25) is 0 Å². The monoisotopic (exact) mass is 293 g/mol. The summed E-state index contributed by atoms with van der Waals surface area (Å²) in [5.74, 6) is 6.31. The standard InChI is InChI=1S/C11H18F3N5O/c1-3-20-7-9-16-8(18-15)6-10(17-9)19(2)5-4-11(12,13)14/h6H,3-5,7,15H2,1-2H3,(H,16,17,18). The Hall–Kier alpha value is -1.61. The topological polar surface area (TPSA) is 76.3 Å². The van der Waals surface area contributed by atoms with Crippen molar-refractivity contribution in [3.8, 4) is 0 Å². The van der Waals surface area contributed by atoms with E-state index >= 15 is 0 Å². The number of rotatable bonds is 7. The number of halogens is 3. The van der Waals surface area contributed by atoms with Crippen molar-refractivity contribution >= 4 is 11.6 Å². The number of hydrazine groups is 1. The molecular formula is C11H18F3N5O. The predicted molar refractivity (Wildman–Crippen MR) is 69.1 cm³/mol. The van der Waals surface area contributed by atoms with Crippen molar-refractivity contribution in [1.29, 1.82) is 0 Å². The van der Waals surface area contributed by atoms with Crippen molar-refractivity contribution in [2.75, 3.05) is 30.5 Å². The fourth-order valence-corrected chi connectivity index (χ4v) is 1.42. The molecule has 0 atom stereocenters. The summed E-state index contributed by atoms with van der Waals surface area (Å²) in [4.78, 5) is 9.60. The highest BCUT2D eigenvalue weighted by molar-refractivity contribution is 5.48. The van der Waals surface area contributed by atoms with Crippen LogP contribution in [0.25, 0.3) is 0 Å². The minimum atomic E-state index is -4.20. The molecule has 1 heterocycles. The van der Waals surface area contributed by atoms with Gasteiger partial charge in [0.05, 0.1) is 6.42 Å². The number of anilines is 2. The minimum Gasteiger partial charge on any atom is -0.374 e. The van der Waals surface area contributed by atoms with Crippen molar-refractivity contribution < 1.29 is 17.9 Å². The summed E-state index contributed by atoms with van der Waals surface area (Å²) >= 11 is 0. The summed E-state index contributed by atoms with van der Waals surface area (Å²) in [6, 6.07) is 1.48. The Morgan fingerprint density at radius 2 is 2.10 bits per heavy atom. The Bertz CT molecular complexity index is 427. The lowest BCUT2D eigenvalue weighted by atomic mass is 10.3. The van der Waals surface area contributed by atoms with Crippen molar-refractivity contribution in [3.63, 3.8) is 0 Å².